The van der Waals surface area contributed by atoms with Crippen molar-refractivity contribution in [3.63, 3.8) is 0 Å². The lowest BCUT2D eigenvalue weighted by atomic mass is 9.77. The number of rotatable bonds is 18. The molecule has 0 aromatic heterocycles. The Labute approximate surface area is 383 Å². The van der Waals surface area contributed by atoms with Crippen molar-refractivity contribution in [2.75, 3.05) is 58.2 Å². The number of Topliss-reactive ketones (excluding diaryl/α,β-unsaturated/α-hetero) is 1. The third kappa shape index (κ3) is 8.35. The second kappa shape index (κ2) is 19.8. The van der Waals surface area contributed by atoms with Gasteiger partial charge in [-0.1, -0.05) is 11.6 Å². The van der Waals surface area contributed by atoms with E-state index in [-0.39, 0.29) is 83.5 Å². The van der Waals surface area contributed by atoms with Crippen molar-refractivity contribution in [1.82, 2.24) is 0 Å². The van der Waals surface area contributed by atoms with Crippen LogP contribution < -0.4 is 26.6 Å². The van der Waals surface area contributed by atoms with E-state index >= 15 is 9.59 Å². The number of esters is 2. The molecule has 8 rings (SSSR count). The van der Waals surface area contributed by atoms with Crippen LogP contribution in [0.1, 0.15) is 112 Å². The molecule has 0 bridgehead atoms. The van der Waals surface area contributed by atoms with Gasteiger partial charge in [-0.15, -0.1) is 0 Å². The van der Waals surface area contributed by atoms with Gasteiger partial charge in [-0.05, 0) is 140 Å². The first-order valence-electron chi connectivity index (χ1n) is 23.5. The summed E-state index contributed by atoms with van der Waals surface area (Å²) in [6.07, 6.45) is 9.08. The number of nitrogens with one attached hydrogen (secondary N) is 1. The largest absolute Gasteiger partial charge is 0.492 e. The summed E-state index contributed by atoms with van der Waals surface area (Å²) in [5.74, 6) is -1.59. The molecule has 6 N–H and O–H groups in total. The SMILES string of the molecule is COCCOC(=O)C1CCC(CCc2c3c4c5c(c(OC)c(=O)c6c(NCC7CCC(C(=O)OCCCO)CC7)cc(CO)c(c7c(CO)cc(N)c(c2=O)c74)c65)C(C(C)=O)C(C)=C3)CC1. The average Bonchev–Trinajstić information content (AvgIpc) is 3.44. The van der Waals surface area contributed by atoms with Crippen molar-refractivity contribution >= 4 is 78.3 Å². The number of carbonyl (C=O) groups excluding carboxylic acids is 3. The molecule has 14 nitrogen and oxygen atoms in total. The van der Waals surface area contributed by atoms with Crippen molar-refractivity contribution in [3.8, 4) is 5.75 Å². The Kier molecular flexibility index (Phi) is 14.1. The zero-order chi connectivity index (χ0) is 47.0. The van der Waals surface area contributed by atoms with Gasteiger partial charge in [-0.25, -0.2) is 0 Å². The van der Waals surface area contributed by atoms with Crippen LogP contribution in [0.3, 0.4) is 0 Å². The molecule has 352 valence electrons. The fourth-order valence-electron chi connectivity index (χ4n) is 11.5. The minimum absolute atomic E-state index is 0.0115. The molecule has 14 heteroatoms. The normalized spacial score (nSPS) is 20.8. The summed E-state index contributed by atoms with van der Waals surface area (Å²) in [6, 6.07) is 3.37. The third-order valence-electron chi connectivity index (χ3n) is 14.8. The topological polar surface area (TPSA) is 221 Å². The zero-order valence-corrected chi connectivity index (χ0v) is 38.4. The van der Waals surface area contributed by atoms with E-state index in [2.05, 4.69) is 5.32 Å². The van der Waals surface area contributed by atoms with Crippen LogP contribution in [0, 0.1) is 23.7 Å². The quantitative estimate of drug-likeness (QED) is 0.0205. The van der Waals surface area contributed by atoms with E-state index < -0.39 is 24.6 Å². The van der Waals surface area contributed by atoms with Gasteiger partial charge in [0.2, 0.25) is 5.43 Å². The van der Waals surface area contributed by atoms with Gasteiger partial charge < -0.3 is 45.3 Å². The van der Waals surface area contributed by atoms with E-state index in [1.807, 2.05) is 13.0 Å². The van der Waals surface area contributed by atoms with Crippen LogP contribution in [-0.4, -0.2) is 80.2 Å². The van der Waals surface area contributed by atoms with Crippen molar-refractivity contribution in [3.05, 3.63) is 66.0 Å². The number of anilines is 2. The summed E-state index contributed by atoms with van der Waals surface area (Å²) in [7, 11) is 2.98. The lowest BCUT2D eigenvalue weighted by molar-refractivity contribution is -0.151. The Balaban J connectivity index is 1.30. The van der Waals surface area contributed by atoms with E-state index in [1.165, 1.54) is 14.0 Å². The Hall–Kier alpha value is -5.41. The number of aliphatic hydroxyl groups is 3. The van der Waals surface area contributed by atoms with Gasteiger partial charge in [0.05, 0.1) is 62.1 Å². The van der Waals surface area contributed by atoms with Gasteiger partial charge in [0.25, 0.3) is 0 Å². The van der Waals surface area contributed by atoms with Crippen LogP contribution in [0.15, 0.2) is 27.3 Å². The van der Waals surface area contributed by atoms with Crippen molar-refractivity contribution in [1.29, 1.82) is 0 Å². The Bertz CT molecular complexity index is 2820. The molecule has 1 atom stereocenters. The highest BCUT2D eigenvalue weighted by atomic mass is 16.6. The molecular formula is C52H62N2O12. The maximum atomic E-state index is 15.2. The molecule has 66 heavy (non-hydrogen) atoms. The number of hydrogen-bond acceptors (Lipinski definition) is 14. The monoisotopic (exact) mass is 906 g/mol. The van der Waals surface area contributed by atoms with Crippen LogP contribution >= 0.6 is 0 Å². The number of allylic oxidation sites excluding steroid dienone is 1. The van der Waals surface area contributed by atoms with Gasteiger partial charge >= 0.3 is 11.9 Å². The number of hydrogen-bond donors (Lipinski definition) is 5. The maximum absolute atomic E-state index is 15.2. The lowest BCUT2D eigenvalue weighted by Gasteiger charge is -2.29. The first-order valence-corrected chi connectivity index (χ1v) is 23.5. The van der Waals surface area contributed by atoms with Gasteiger partial charge in [0.1, 0.15) is 12.4 Å². The minimum atomic E-state index is -0.913. The third-order valence-corrected chi connectivity index (χ3v) is 14.8. The first-order chi connectivity index (χ1) is 31.9. The maximum Gasteiger partial charge on any atom is 0.309 e. The molecular weight excluding hydrogens is 845 g/mol. The summed E-state index contributed by atoms with van der Waals surface area (Å²) in [4.78, 5) is 69.9. The summed E-state index contributed by atoms with van der Waals surface area (Å²) in [5, 5.41) is 38.7. The molecule has 3 aliphatic rings. The van der Waals surface area contributed by atoms with Gasteiger partial charge in [-0.3, -0.25) is 24.0 Å². The van der Waals surface area contributed by atoms with Gasteiger partial charge in [-0.2, -0.15) is 0 Å². The second-order valence-electron chi connectivity index (χ2n) is 18.7. The number of methoxy groups -OCH3 is 2. The van der Waals surface area contributed by atoms with Crippen LogP contribution in [0.25, 0.3) is 49.2 Å². The fourth-order valence-corrected chi connectivity index (χ4v) is 11.5. The van der Waals surface area contributed by atoms with E-state index in [0.29, 0.717) is 135 Å². The summed E-state index contributed by atoms with van der Waals surface area (Å²) >= 11 is 0. The number of nitrogen functional groups attached to an aromatic ring is 1. The molecule has 0 aliphatic heterocycles. The van der Waals surface area contributed by atoms with Gasteiger partial charge in [0.15, 0.2) is 11.2 Å². The highest BCUT2D eigenvalue weighted by Gasteiger charge is 2.37. The number of aliphatic hydroxyl groups excluding tert-OH is 3. The molecule has 0 heterocycles. The Morgan fingerprint density at radius 1 is 0.727 bits per heavy atom. The van der Waals surface area contributed by atoms with E-state index in [4.69, 9.17) is 29.8 Å². The smallest absolute Gasteiger partial charge is 0.309 e. The number of ether oxygens (including phenoxy) is 4. The number of carbonyl (C=O) groups is 3. The first kappa shape index (κ1) is 47.1. The average molecular weight is 907 g/mol. The Morgan fingerprint density at radius 3 is 1.92 bits per heavy atom. The number of ketones is 1. The minimum Gasteiger partial charge on any atom is -0.492 e. The molecule has 0 saturated heterocycles. The molecule has 5 aromatic rings. The van der Waals surface area contributed by atoms with Crippen LogP contribution in [-0.2, 0) is 48.2 Å². The number of nitrogens with two attached hydrogens (primary N) is 1. The van der Waals surface area contributed by atoms with Crippen molar-refractivity contribution in [2.45, 2.75) is 104 Å². The number of benzene rings is 5. The molecule has 0 spiro atoms. The number of fused-ring (bicyclic) bond motifs is 1. The van der Waals surface area contributed by atoms with Crippen LogP contribution in [0.2, 0.25) is 0 Å². The van der Waals surface area contributed by atoms with Crippen LogP contribution in [0.5, 0.6) is 5.75 Å². The van der Waals surface area contributed by atoms with Crippen LogP contribution in [0.4, 0.5) is 11.4 Å². The summed E-state index contributed by atoms with van der Waals surface area (Å²) in [5.41, 5.74) is 9.91. The van der Waals surface area contributed by atoms with E-state index in [9.17, 15) is 24.6 Å². The second-order valence-corrected chi connectivity index (χ2v) is 18.7. The molecule has 1 unspecified atom stereocenters. The van der Waals surface area contributed by atoms with E-state index in [1.54, 1.807) is 19.2 Å². The standard InChI is InChI=1S/C52H62N2O12/c1-26-20-35-34(15-10-28-6-11-30(12-7-28)52(62)66-19-18-63-3)48(59)42-36(53)21-32(24-56)39-40-33(25-57)22-37(54-23-29-8-13-31(14-9-29)51(61)65-17-5-16-55)43-45(40)46(41(35)44(39)42)47(38(26)27(2)58)50(64-4)49(43)60/h20-22,28-31,38,54-57H,5-19,23-25,53H2,1-4H3. The van der Waals surface area contributed by atoms with Crippen molar-refractivity contribution in [2.24, 2.45) is 23.7 Å². The Morgan fingerprint density at radius 2 is 1.33 bits per heavy atom. The fraction of sp³-hybridized carbons (Fsp3) is 0.519. The van der Waals surface area contributed by atoms with Crippen molar-refractivity contribution < 1.29 is 48.7 Å². The molecule has 2 fully saturated rings. The summed E-state index contributed by atoms with van der Waals surface area (Å²) < 4.78 is 21.9. The molecule has 0 amide bonds. The molecule has 5 aromatic carbocycles. The molecule has 2 saturated carbocycles. The highest BCUT2D eigenvalue weighted by Crippen LogP contribution is 2.53. The summed E-state index contributed by atoms with van der Waals surface area (Å²) in [6.45, 7) is 3.60. The van der Waals surface area contributed by atoms with E-state index in [0.717, 1.165) is 25.7 Å². The van der Waals surface area contributed by atoms with Gasteiger partial charge in [0, 0.05) is 60.0 Å². The predicted octanol–water partition coefficient (Wildman–Crippen LogP) is 6.63. The predicted molar refractivity (Wildman–Crippen MR) is 254 cm³/mol. The lowest BCUT2D eigenvalue weighted by Crippen LogP contribution is -2.27. The highest BCUT2D eigenvalue weighted by molar-refractivity contribution is 6.39. The zero-order valence-electron chi connectivity index (χ0n) is 38.4. The molecule has 3 aliphatic carbocycles. The molecule has 0 radical (unpaired) electrons.